The second kappa shape index (κ2) is 12.8. The predicted molar refractivity (Wildman–Crippen MR) is 118 cm³/mol. The standard InChI is InChI=1S/C19H29FN4O3.HI/c1-3-18(26)24-10-9-15(12-24)23-19(21-4-2)22-11-16(25)13-27-17-7-5-14(20)6-8-17;/h5-8,15-16,25H,3-4,9-13H2,1-2H3,(H2,21,22,23);1H. The van der Waals surface area contributed by atoms with E-state index < -0.39 is 6.10 Å². The summed E-state index contributed by atoms with van der Waals surface area (Å²) in [5.74, 6) is 0.930. The van der Waals surface area contributed by atoms with Crippen molar-refractivity contribution in [2.75, 3.05) is 32.8 Å². The molecule has 158 valence electrons. The number of halogens is 2. The molecule has 1 aromatic rings. The van der Waals surface area contributed by atoms with Crippen molar-refractivity contribution < 1.29 is 19.0 Å². The van der Waals surface area contributed by atoms with Gasteiger partial charge in [0.05, 0.1) is 6.54 Å². The van der Waals surface area contributed by atoms with Gasteiger partial charge in [-0.2, -0.15) is 0 Å². The van der Waals surface area contributed by atoms with Gasteiger partial charge in [0.25, 0.3) is 0 Å². The van der Waals surface area contributed by atoms with Crippen LogP contribution in [0.1, 0.15) is 26.7 Å². The van der Waals surface area contributed by atoms with Crippen LogP contribution >= 0.6 is 24.0 Å². The molecule has 0 saturated carbocycles. The fourth-order valence-corrected chi connectivity index (χ4v) is 2.81. The van der Waals surface area contributed by atoms with Crippen LogP contribution in [0.4, 0.5) is 4.39 Å². The molecule has 0 bridgehead atoms. The van der Waals surface area contributed by atoms with E-state index in [0.29, 0.717) is 31.2 Å². The summed E-state index contributed by atoms with van der Waals surface area (Å²) in [6, 6.07) is 5.79. The number of hydrogen-bond donors (Lipinski definition) is 3. The summed E-state index contributed by atoms with van der Waals surface area (Å²) in [7, 11) is 0. The van der Waals surface area contributed by atoms with Crippen LogP contribution in [0.15, 0.2) is 29.3 Å². The number of likely N-dealkylation sites (tertiary alicyclic amines) is 1. The van der Waals surface area contributed by atoms with Crippen LogP contribution in [-0.4, -0.2) is 66.8 Å². The first-order valence-corrected chi connectivity index (χ1v) is 9.40. The Bertz CT molecular complexity index is 630. The molecule has 2 rings (SSSR count). The number of amides is 1. The van der Waals surface area contributed by atoms with Gasteiger partial charge < -0.3 is 25.4 Å². The summed E-state index contributed by atoms with van der Waals surface area (Å²) in [4.78, 5) is 18.0. The lowest BCUT2D eigenvalue weighted by Crippen LogP contribution is -2.45. The summed E-state index contributed by atoms with van der Waals surface area (Å²) in [6.07, 6.45) is 0.598. The first-order valence-electron chi connectivity index (χ1n) is 9.40. The molecule has 1 aromatic carbocycles. The minimum absolute atomic E-state index is 0. The van der Waals surface area contributed by atoms with Gasteiger partial charge in [-0.15, -0.1) is 24.0 Å². The number of nitrogens with one attached hydrogen (secondary N) is 2. The third-order valence-electron chi connectivity index (χ3n) is 4.24. The summed E-state index contributed by atoms with van der Waals surface area (Å²) < 4.78 is 18.3. The van der Waals surface area contributed by atoms with E-state index in [2.05, 4.69) is 15.6 Å². The first kappa shape index (κ1) is 24.4. The van der Waals surface area contributed by atoms with Gasteiger partial charge in [-0.3, -0.25) is 9.79 Å². The van der Waals surface area contributed by atoms with Gasteiger partial charge >= 0.3 is 0 Å². The molecule has 7 nitrogen and oxygen atoms in total. The molecule has 2 unspecified atom stereocenters. The number of carbonyl (C=O) groups excluding carboxylic acids is 1. The number of aliphatic hydroxyl groups is 1. The Morgan fingerprint density at radius 3 is 2.75 bits per heavy atom. The second-order valence-corrected chi connectivity index (χ2v) is 6.46. The molecular weight excluding hydrogens is 478 g/mol. The number of nitrogens with zero attached hydrogens (tertiary/aromatic N) is 2. The molecule has 0 aromatic heterocycles. The molecule has 28 heavy (non-hydrogen) atoms. The van der Waals surface area contributed by atoms with Crippen molar-refractivity contribution in [3.05, 3.63) is 30.1 Å². The zero-order valence-corrected chi connectivity index (χ0v) is 18.7. The Morgan fingerprint density at radius 1 is 1.39 bits per heavy atom. The lowest BCUT2D eigenvalue weighted by Gasteiger charge is -2.19. The van der Waals surface area contributed by atoms with E-state index in [-0.39, 0.29) is 54.9 Å². The fraction of sp³-hybridized carbons (Fsp3) is 0.579. The maximum absolute atomic E-state index is 12.9. The second-order valence-electron chi connectivity index (χ2n) is 6.46. The molecule has 1 amide bonds. The molecule has 3 N–H and O–H groups in total. The van der Waals surface area contributed by atoms with Gasteiger partial charge in [0, 0.05) is 32.1 Å². The topological polar surface area (TPSA) is 86.2 Å². The summed E-state index contributed by atoms with van der Waals surface area (Å²) in [5, 5.41) is 16.5. The van der Waals surface area contributed by atoms with E-state index in [4.69, 9.17) is 4.74 Å². The summed E-state index contributed by atoms with van der Waals surface area (Å²) in [5.41, 5.74) is 0. The lowest BCUT2D eigenvalue weighted by molar-refractivity contribution is -0.129. The highest BCUT2D eigenvalue weighted by atomic mass is 127. The predicted octanol–water partition coefficient (Wildman–Crippen LogP) is 1.75. The van der Waals surface area contributed by atoms with Gasteiger partial charge in [-0.05, 0) is 37.6 Å². The van der Waals surface area contributed by atoms with Crippen LogP contribution in [0, 0.1) is 5.82 Å². The van der Waals surface area contributed by atoms with Gasteiger partial charge in [-0.1, -0.05) is 6.92 Å². The molecule has 0 radical (unpaired) electrons. The van der Waals surface area contributed by atoms with E-state index in [1.54, 1.807) is 0 Å². The monoisotopic (exact) mass is 508 g/mol. The molecule has 0 aliphatic carbocycles. The SMILES string of the molecule is CCNC(=NCC(O)COc1ccc(F)cc1)NC1CCN(C(=O)CC)C1.I. The average molecular weight is 508 g/mol. The van der Waals surface area contributed by atoms with Crippen LogP contribution in [0.5, 0.6) is 5.75 Å². The summed E-state index contributed by atoms with van der Waals surface area (Å²) >= 11 is 0. The molecule has 1 aliphatic rings. The highest BCUT2D eigenvalue weighted by Crippen LogP contribution is 2.12. The molecular formula is C19H30FIN4O3. The largest absolute Gasteiger partial charge is 0.491 e. The molecule has 1 fully saturated rings. The highest BCUT2D eigenvalue weighted by molar-refractivity contribution is 14.0. The normalized spacial score (nSPS) is 17.6. The number of hydrogen-bond acceptors (Lipinski definition) is 4. The minimum Gasteiger partial charge on any atom is -0.491 e. The van der Waals surface area contributed by atoms with Crippen LogP contribution in [-0.2, 0) is 4.79 Å². The third kappa shape index (κ3) is 8.17. The zero-order valence-electron chi connectivity index (χ0n) is 16.4. The number of rotatable bonds is 8. The van der Waals surface area contributed by atoms with E-state index in [1.165, 1.54) is 24.3 Å². The quantitative estimate of drug-likeness (QED) is 0.283. The third-order valence-corrected chi connectivity index (χ3v) is 4.24. The van der Waals surface area contributed by atoms with Crippen molar-refractivity contribution in [2.24, 2.45) is 4.99 Å². The van der Waals surface area contributed by atoms with E-state index in [1.807, 2.05) is 18.7 Å². The molecule has 1 aliphatic heterocycles. The number of ether oxygens (including phenoxy) is 1. The van der Waals surface area contributed by atoms with E-state index >= 15 is 0 Å². The number of guanidine groups is 1. The molecule has 1 saturated heterocycles. The maximum Gasteiger partial charge on any atom is 0.222 e. The van der Waals surface area contributed by atoms with Crippen molar-refractivity contribution in [1.29, 1.82) is 0 Å². The van der Waals surface area contributed by atoms with Gasteiger partial charge in [0.1, 0.15) is 24.3 Å². The van der Waals surface area contributed by atoms with Gasteiger partial charge in [0.15, 0.2) is 5.96 Å². The summed E-state index contributed by atoms with van der Waals surface area (Å²) in [6.45, 7) is 6.16. The number of benzene rings is 1. The van der Waals surface area contributed by atoms with E-state index in [0.717, 1.165) is 13.0 Å². The van der Waals surface area contributed by atoms with Crippen molar-refractivity contribution in [3.8, 4) is 5.75 Å². The first-order chi connectivity index (χ1) is 13.0. The number of aliphatic imine (C=N–C) groups is 1. The number of carbonyl (C=O) groups is 1. The highest BCUT2D eigenvalue weighted by Gasteiger charge is 2.25. The number of aliphatic hydroxyl groups excluding tert-OH is 1. The van der Waals surface area contributed by atoms with Gasteiger partial charge in [-0.25, -0.2) is 4.39 Å². The average Bonchev–Trinajstić information content (AvgIpc) is 3.13. The van der Waals surface area contributed by atoms with Gasteiger partial charge in [0.2, 0.25) is 5.91 Å². The Balaban J connectivity index is 0.00000392. The van der Waals surface area contributed by atoms with Crippen molar-refractivity contribution >= 4 is 35.8 Å². The molecule has 2 atom stereocenters. The van der Waals surface area contributed by atoms with Crippen LogP contribution < -0.4 is 15.4 Å². The Hall–Kier alpha value is -1.62. The maximum atomic E-state index is 12.9. The molecule has 0 spiro atoms. The Labute approximate surface area is 182 Å². The van der Waals surface area contributed by atoms with Crippen molar-refractivity contribution in [1.82, 2.24) is 15.5 Å². The van der Waals surface area contributed by atoms with Crippen LogP contribution in [0.2, 0.25) is 0 Å². The zero-order chi connectivity index (χ0) is 19.6. The van der Waals surface area contributed by atoms with Crippen molar-refractivity contribution in [2.45, 2.75) is 38.8 Å². The van der Waals surface area contributed by atoms with Crippen molar-refractivity contribution in [3.63, 3.8) is 0 Å². The van der Waals surface area contributed by atoms with Crippen LogP contribution in [0.3, 0.4) is 0 Å². The molecule has 9 heteroatoms. The van der Waals surface area contributed by atoms with E-state index in [9.17, 15) is 14.3 Å². The Kier molecular flexibility index (Phi) is 11.1. The fourth-order valence-electron chi connectivity index (χ4n) is 2.81. The Morgan fingerprint density at radius 2 is 2.11 bits per heavy atom. The molecule has 1 heterocycles. The minimum atomic E-state index is -0.785. The van der Waals surface area contributed by atoms with Crippen LogP contribution in [0.25, 0.3) is 0 Å². The smallest absolute Gasteiger partial charge is 0.222 e. The lowest BCUT2D eigenvalue weighted by atomic mass is 10.3.